The number of amides is 1. The predicted molar refractivity (Wildman–Crippen MR) is 113 cm³/mol. The summed E-state index contributed by atoms with van der Waals surface area (Å²) in [5.74, 6) is 0.584. The molecule has 0 fully saturated rings. The average molecular weight is 431 g/mol. The SMILES string of the molecule is COc1ccc(Nc2nnc(SCC(=O)Nc3ccc(C)c([N+](=O)[O-])c3)s2)cc1. The van der Waals surface area contributed by atoms with E-state index < -0.39 is 4.92 Å². The summed E-state index contributed by atoms with van der Waals surface area (Å²) in [4.78, 5) is 22.7. The van der Waals surface area contributed by atoms with Gasteiger partial charge in [-0.2, -0.15) is 0 Å². The number of nitro groups is 1. The van der Waals surface area contributed by atoms with Gasteiger partial charge in [-0.3, -0.25) is 14.9 Å². The van der Waals surface area contributed by atoms with Gasteiger partial charge in [0.1, 0.15) is 5.75 Å². The summed E-state index contributed by atoms with van der Waals surface area (Å²) in [5.41, 5.74) is 1.73. The number of nitrogens with zero attached hydrogens (tertiary/aromatic N) is 3. The highest BCUT2D eigenvalue weighted by molar-refractivity contribution is 8.01. The summed E-state index contributed by atoms with van der Waals surface area (Å²) in [6.45, 7) is 1.65. The Kier molecular flexibility index (Phi) is 6.62. The van der Waals surface area contributed by atoms with E-state index >= 15 is 0 Å². The molecule has 2 aromatic carbocycles. The van der Waals surface area contributed by atoms with Crippen molar-refractivity contribution in [3.05, 3.63) is 58.1 Å². The number of aromatic nitrogens is 2. The van der Waals surface area contributed by atoms with Crippen LogP contribution in [0.2, 0.25) is 0 Å². The lowest BCUT2D eigenvalue weighted by molar-refractivity contribution is -0.385. The van der Waals surface area contributed by atoms with E-state index in [0.29, 0.717) is 20.7 Å². The molecular formula is C18H17N5O4S2. The standard InChI is InChI=1S/C18H17N5O4S2/c1-11-3-4-13(9-15(11)23(25)26)19-16(24)10-28-18-22-21-17(29-18)20-12-5-7-14(27-2)8-6-12/h3-9H,10H2,1-2H3,(H,19,24)(H,20,21). The van der Waals surface area contributed by atoms with E-state index in [-0.39, 0.29) is 17.3 Å². The summed E-state index contributed by atoms with van der Waals surface area (Å²) in [6.07, 6.45) is 0. The van der Waals surface area contributed by atoms with Crippen molar-refractivity contribution in [1.82, 2.24) is 10.2 Å². The fourth-order valence-electron chi connectivity index (χ4n) is 2.32. The molecule has 1 aromatic heterocycles. The summed E-state index contributed by atoms with van der Waals surface area (Å²) in [6, 6.07) is 12.0. The van der Waals surface area contributed by atoms with Crippen molar-refractivity contribution in [2.45, 2.75) is 11.3 Å². The zero-order valence-electron chi connectivity index (χ0n) is 15.5. The molecule has 0 atom stereocenters. The van der Waals surface area contributed by atoms with Gasteiger partial charge in [-0.25, -0.2) is 0 Å². The fourth-order valence-corrected chi connectivity index (χ4v) is 3.90. The molecule has 0 aliphatic heterocycles. The number of methoxy groups -OCH3 is 1. The van der Waals surface area contributed by atoms with Crippen molar-refractivity contribution in [3.8, 4) is 5.75 Å². The summed E-state index contributed by atoms with van der Waals surface area (Å²) in [5, 5.41) is 25.5. The third-order valence-electron chi connectivity index (χ3n) is 3.76. The third kappa shape index (κ3) is 5.65. The van der Waals surface area contributed by atoms with E-state index in [1.165, 1.54) is 29.2 Å². The van der Waals surface area contributed by atoms with Crippen LogP contribution in [-0.2, 0) is 4.79 Å². The topological polar surface area (TPSA) is 119 Å². The lowest BCUT2D eigenvalue weighted by Crippen LogP contribution is -2.14. The van der Waals surface area contributed by atoms with Crippen LogP contribution in [-0.4, -0.2) is 33.9 Å². The number of nitro benzene ring substituents is 1. The molecule has 3 rings (SSSR count). The van der Waals surface area contributed by atoms with Crippen molar-refractivity contribution in [1.29, 1.82) is 0 Å². The number of anilines is 3. The van der Waals surface area contributed by atoms with Crippen molar-refractivity contribution in [3.63, 3.8) is 0 Å². The number of rotatable bonds is 8. The largest absolute Gasteiger partial charge is 0.497 e. The Morgan fingerprint density at radius 2 is 1.93 bits per heavy atom. The highest BCUT2D eigenvalue weighted by atomic mass is 32.2. The number of nitrogens with one attached hydrogen (secondary N) is 2. The number of thioether (sulfide) groups is 1. The van der Waals surface area contributed by atoms with Gasteiger partial charge in [0.25, 0.3) is 5.69 Å². The molecule has 0 spiro atoms. The maximum absolute atomic E-state index is 12.1. The molecule has 9 nitrogen and oxygen atoms in total. The number of carbonyl (C=O) groups excluding carboxylic acids is 1. The molecule has 1 amide bonds. The van der Waals surface area contributed by atoms with Crippen LogP contribution in [0, 0.1) is 17.0 Å². The highest BCUT2D eigenvalue weighted by Crippen LogP contribution is 2.28. The second kappa shape index (κ2) is 9.34. The molecule has 150 valence electrons. The first-order chi connectivity index (χ1) is 13.9. The lowest BCUT2D eigenvalue weighted by Gasteiger charge is -2.05. The zero-order chi connectivity index (χ0) is 20.8. The normalized spacial score (nSPS) is 10.4. The van der Waals surface area contributed by atoms with E-state index in [4.69, 9.17) is 4.74 Å². The predicted octanol–water partition coefficient (Wildman–Crippen LogP) is 4.24. The highest BCUT2D eigenvalue weighted by Gasteiger charge is 2.13. The molecule has 0 saturated heterocycles. The van der Waals surface area contributed by atoms with Gasteiger partial charge in [0, 0.05) is 23.0 Å². The second-order valence-corrected chi connectivity index (χ2v) is 8.02. The Morgan fingerprint density at radius 3 is 2.62 bits per heavy atom. The molecule has 0 aliphatic carbocycles. The molecule has 29 heavy (non-hydrogen) atoms. The van der Waals surface area contributed by atoms with Crippen LogP contribution < -0.4 is 15.4 Å². The Morgan fingerprint density at radius 1 is 1.21 bits per heavy atom. The Balaban J connectivity index is 1.53. The maximum atomic E-state index is 12.1. The van der Waals surface area contributed by atoms with E-state index in [1.54, 1.807) is 26.2 Å². The first kappa shape index (κ1) is 20.6. The minimum atomic E-state index is -0.474. The van der Waals surface area contributed by atoms with Gasteiger partial charge in [0.05, 0.1) is 17.8 Å². The van der Waals surface area contributed by atoms with Crippen LogP contribution in [0.5, 0.6) is 5.75 Å². The van der Waals surface area contributed by atoms with E-state index in [0.717, 1.165) is 11.4 Å². The number of aryl methyl sites for hydroxylation is 1. The molecular weight excluding hydrogens is 414 g/mol. The third-order valence-corrected chi connectivity index (χ3v) is 5.74. The van der Waals surface area contributed by atoms with Crippen LogP contribution in [0.1, 0.15) is 5.56 Å². The first-order valence-electron chi connectivity index (χ1n) is 8.37. The minimum absolute atomic E-state index is 0.0335. The van der Waals surface area contributed by atoms with E-state index in [1.807, 2.05) is 24.3 Å². The van der Waals surface area contributed by atoms with Crippen LogP contribution in [0.4, 0.5) is 22.2 Å². The van der Waals surface area contributed by atoms with E-state index in [2.05, 4.69) is 20.8 Å². The Bertz CT molecular complexity index is 1020. The second-order valence-electron chi connectivity index (χ2n) is 5.82. The zero-order valence-corrected chi connectivity index (χ0v) is 17.2. The maximum Gasteiger partial charge on any atom is 0.274 e. The summed E-state index contributed by atoms with van der Waals surface area (Å²) < 4.78 is 5.75. The fraction of sp³-hybridized carbons (Fsp3) is 0.167. The van der Waals surface area contributed by atoms with Crippen molar-refractivity contribution in [2.24, 2.45) is 0 Å². The molecule has 2 N–H and O–H groups in total. The van der Waals surface area contributed by atoms with Crippen molar-refractivity contribution >= 4 is 51.2 Å². The molecule has 3 aromatic rings. The van der Waals surface area contributed by atoms with Crippen molar-refractivity contribution in [2.75, 3.05) is 23.5 Å². The number of hydrogen-bond donors (Lipinski definition) is 2. The quantitative estimate of drug-likeness (QED) is 0.309. The molecule has 0 aliphatic rings. The van der Waals surface area contributed by atoms with Crippen LogP contribution in [0.25, 0.3) is 0 Å². The Hall–Kier alpha value is -3.18. The smallest absolute Gasteiger partial charge is 0.274 e. The lowest BCUT2D eigenvalue weighted by atomic mass is 10.2. The van der Waals surface area contributed by atoms with Gasteiger partial charge >= 0.3 is 0 Å². The number of carbonyl (C=O) groups is 1. The minimum Gasteiger partial charge on any atom is -0.497 e. The monoisotopic (exact) mass is 431 g/mol. The Labute approximate surface area is 174 Å². The molecule has 1 heterocycles. The molecule has 11 heteroatoms. The molecule has 0 radical (unpaired) electrons. The molecule has 0 bridgehead atoms. The van der Waals surface area contributed by atoms with Gasteiger partial charge in [0.15, 0.2) is 4.34 Å². The van der Waals surface area contributed by atoms with Crippen LogP contribution in [0.15, 0.2) is 46.8 Å². The summed E-state index contributed by atoms with van der Waals surface area (Å²) in [7, 11) is 1.60. The van der Waals surface area contributed by atoms with Gasteiger partial charge < -0.3 is 15.4 Å². The van der Waals surface area contributed by atoms with E-state index in [9.17, 15) is 14.9 Å². The number of benzene rings is 2. The van der Waals surface area contributed by atoms with Gasteiger partial charge in [-0.05, 0) is 37.3 Å². The number of ether oxygens (including phenoxy) is 1. The van der Waals surface area contributed by atoms with Gasteiger partial charge in [-0.15, -0.1) is 10.2 Å². The van der Waals surface area contributed by atoms with Gasteiger partial charge in [0.2, 0.25) is 11.0 Å². The molecule has 0 saturated carbocycles. The average Bonchev–Trinajstić information content (AvgIpc) is 3.15. The van der Waals surface area contributed by atoms with Gasteiger partial charge in [-0.1, -0.05) is 29.2 Å². The number of hydrogen-bond acceptors (Lipinski definition) is 9. The van der Waals surface area contributed by atoms with Crippen LogP contribution >= 0.6 is 23.1 Å². The van der Waals surface area contributed by atoms with Crippen molar-refractivity contribution < 1.29 is 14.5 Å². The van der Waals surface area contributed by atoms with Crippen LogP contribution in [0.3, 0.4) is 0 Å². The first-order valence-corrected chi connectivity index (χ1v) is 10.2. The summed E-state index contributed by atoms with van der Waals surface area (Å²) >= 11 is 2.56. The molecule has 0 unspecified atom stereocenters.